The minimum Gasteiger partial charge on any atom is -0.317 e. The van der Waals surface area contributed by atoms with E-state index in [0.717, 1.165) is 33.4 Å². The minimum absolute atomic E-state index is 0. The predicted molar refractivity (Wildman–Crippen MR) is 212 cm³/mol. The molecule has 0 radical (unpaired) electrons. The van der Waals surface area contributed by atoms with Crippen LogP contribution in [0.5, 0.6) is 0 Å². The summed E-state index contributed by atoms with van der Waals surface area (Å²) in [6, 6.07) is 26.0. The maximum Gasteiger partial charge on any atom is 0.321 e. The molecule has 8 rings (SSSR count). The number of nitrogens with one attached hydrogen (secondary N) is 1. The number of carbonyl (C=O) groups is 2. The maximum absolute atomic E-state index is 14.3. The molecular formula is C43H47ClF6N6O2. The molecule has 4 aliphatic rings. The van der Waals surface area contributed by atoms with Crippen molar-refractivity contribution in [1.82, 2.24) is 29.8 Å². The predicted octanol–water partition coefficient (Wildman–Crippen LogP) is 7.63. The average Bonchev–Trinajstić information content (AvgIpc) is 3.47. The molecule has 4 aliphatic heterocycles. The fourth-order valence-corrected chi connectivity index (χ4v) is 8.32. The van der Waals surface area contributed by atoms with E-state index < -0.39 is 55.6 Å². The first-order valence-corrected chi connectivity index (χ1v) is 19.2. The zero-order valence-corrected chi connectivity index (χ0v) is 32.9. The summed E-state index contributed by atoms with van der Waals surface area (Å²) < 4.78 is 83.6. The molecule has 8 nitrogen and oxygen atoms in total. The molecule has 0 aliphatic carbocycles. The van der Waals surface area contributed by atoms with Crippen LogP contribution in [-0.2, 0) is 12.8 Å². The lowest BCUT2D eigenvalue weighted by Crippen LogP contribution is -2.51. The second-order valence-corrected chi connectivity index (χ2v) is 15.2. The number of hydrogen-bond donors (Lipinski definition) is 1. The van der Waals surface area contributed by atoms with Crippen LogP contribution in [0, 0.1) is 11.6 Å². The Morgan fingerprint density at radius 3 is 1.53 bits per heavy atom. The Morgan fingerprint density at radius 1 is 0.586 bits per heavy atom. The van der Waals surface area contributed by atoms with Gasteiger partial charge in [0.15, 0.2) is 0 Å². The maximum atomic E-state index is 14.3. The van der Waals surface area contributed by atoms with Crippen LogP contribution in [-0.4, -0.2) is 121 Å². The van der Waals surface area contributed by atoms with E-state index >= 15 is 0 Å². The number of likely N-dealkylation sites (N-methyl/N-ethyl adjacent to an activating group) is 1. The second-order valence-electron chi connectivity index (χ2n) is 15.2. The molecule has 58 heavy (non-hydrogen) atoms. The third-order valence-electron chi connectivity index (χ3n) is 11.0. The van der Waals surface area contributed by atoms with Gasteiger partial charge in [0.05, 0.1) is 38.3 Å². The van der Waals surface area contributed by atoms with E-state index in [1.165, 1.54) is 34.1 Å². The monoisotopic (exact) mass is 828 g/mol. The van der Waals surface area contributed by atoms with Gasteiger partial charge in [0.2, 0.25) is 0 Å². The first-order chi connectivity index (χ1) is 27.3. The number of alkyl halides is 4. The fourth-order valence-electron chi connectivity index (χ4n) is 8.32. The van der Waals surface area contributed by atoms with Crippen LogP contribution in [0.15, 0.2) is 97.1 Å². The molecule has 4 amide bonds. The molecule has 0 aromatic heterocycles. The Labute approximate surface area is 340 Å². The second kappa shape index (κ2) is 18.0. The number of carbonyl (C=O) groups excluding carboxylic acids is 2. The van der Waals surface area contributed by atoms with Crippen molar-refractivity contribution >= 4 is 24.5 Å². The van der Waals surface area contributed by atoms with Crippen molar-refractivity contribution in [3.8, 4) is 0 Å². The molecule has 2 saturated heterocycles. The topological polar surface area (TPSA) is 62.4 Å². The fraction of sp³-hybridized carbons (Fsp3) is 0.395. The summed E-state index contributed by atoms with van der Waals surface area (Å²) in [7, 11) is 1.64. The van der Waals surface area contributed by atoms with Gasteiger partial charge in [-0.1, -0.05) is 72.8 Å². The van der Waals surface area contributed by atoms with E-state index in [1.54, 1.807) is 46.0 Å². The number of nitrogens with zero attached hydrogens (tertiary/aromatic N) is 5. The highest BCUT2D eigenvalue weighted by molar-refractivity contribution is 5.85. The molecule has 1 N–H and O–H groups in total. The lowest BCUT2D eigenvalue weighted by atomic mass is 9.88. The molecule has 4 heterocycles. The molecule has 0 saturated carbocycles. The van der Waals surface area contributed by atoms with Crippen molar-refractivity contribution < 1.29 is 35.9 Å². The molecule has 4 aromatic rings. The Kier molecular flexibility index (Phi) is 13.3. The number of urea groups is 2. The van der Waals surface area contributed by atoms with Gasteiger partial charge in [0, 0.05) is 39.3 Å². The number of amides is 4. The van der Waals surface area contributed by atoms with E-state index in [-0.39, 0.29) is 43.7 Å². The van der Waals surface area contributed by atoms with Crippen LogP contribution in [0.2, 0.25) is 0 Å². The highest BCUT2D eigenvalue weighted by Crippen LogP contribution is 2.38. The van der Waals surface area contributed by atoms with Crippen molar-refractivity contribution in [2.75, 3.05) is 72.5 Å². The van der Waals surface area contributed by atoms with E-state index in [4.69, 9.17) is 0 Å². The molecular weight excluding hydrogens is 782 g/mol. The molecule has 0 unspecified atom stereocenters. The minimum atomic E-state index is -2.97. The Bertz CT molecular complexity index is 2040. The van der Waals surface area contributed by atoms with Gasteiger partial charge in [-0.2, -0.15) is 0 Å². The van der Waals surface area contributed by atoms with Gasteiger partial charge in [-0.25, -0.2) is 35.9 Å². The zero-order chi connectivity index (χ0) is 40.3. The first kappa shape index (κ1) is 42.8. The van der Waals surface area contributed by atoms with Crippen LogP contribution in [0.1, 0.15) is 45.5 Å². The van der Waals surface area contributed by atoms with Gasteiger partial charge in [0.25, 0.3) is 11.8 Å². The smallest absolute Gasteiger partial charge is 0.317 e. The summed E-state index contributed by atoms with van der Waals surface area (Å²) in [4.78, 5) is 34.0. The standard InChI is InChI=1S/C22H24F3N3O.C21H22F3N3O.ClH/c1-26-12-13-27(15-22(24,25)14-26)21(29)28-11-10-16-4-2-3-5-19(16)20(28)17-6-8-18(23)9-7-17;22-17-7-5-16(6-8-17)19-18-4-2-1-3-15(18)9-11-27(19)20(28)26-12-10-25-13-21(23,24)14-26;/h2-9,20H,10-15H2,1H3;1-8,19,25H,9-14H2;1H/t20-;19-;/m00./s1. The number of rotatable bonds is 2. The molecule has 2 fully saturated rings. The normalized spacial score (nSPS) is 21.6. The van der Waals surface area contributed by atoms with Crippen LogP contribution >= 0.6 is 12.4 Å². The van der Waals surface area contributed by atoms with Gasteiger partial charge in [0.1, 0.15) is 11.6 Å². The first-order valence-electron chi connectivity index (χ1n) is 19.2. The number of halogens is 7. The summed E-state index contributed by atoms with van der Waals surface area (Å²) in [6.45, 7) is 0.0602. The van der Waals surface area contributed by atoms with E-state index in [0.29, 0.717) is 39.0 Å². The lowest BCUT2D eigenvalue weighted by molar-refractivity contribution is -0.0307. The largest absolute Gasteiger partial charge is 0.321 e. The highest BCUT2D eigenvalue weighted by Gasteiger charge is 2.42. The third-order valence-corrected chi connectivity index (χ3v) is 11.0. The number of benzene rings is 4. The summed E-state index contributed by atoms with van der Waals surface area (Å²) in [5.74, 6) is -6.64. The number of fused-ring (bicyclic) bond motifs is 2. The van der Waals surface area contributed by atoms with Gasteiger partial charge in [-0.05, 0) is 77.5 Å². The third kappa shape index (κ3) is 9.73. The van der Waals surface area contributed by atoms with Crippen molar-refractivity contribution in [2.45, 2.75) is 36.8 Å². The summed E-state index contributed by atoms with van der Waals surface area (Å²) >= 11 is 0. The van der Waals surface area contributed by atoms with Gasteiger partial charge in [-0.3, -0.25) is 4.90 Å². The average molecular weight is 829 g/mol. The molecule has 310 valence electrons. The summed E-state index contributed by atoms with van der Waals surface area (Å²) in [5, 5.41) is 2.69. The van der Waals surface area contributed by atoms with E-state index in [1.807, 2.05) is 48.5 Å². The Balaban J connectivity index is 0.000000192. The van der Waals surface area contributed by atoms with Crippen molar-refractivity contribution in [1.29, 1.82) is 0 Å². The molecule has 4 aromatic carbocycles. The molecule has 0 spiro atoms. The highest BCUT2D eigenvalue weighted by atomic mass is 35.5. The van der Waals surface area contributed by atoms with E-state index in [2.05, 4.69) is 5.32 Å². The summed E-state index contributed by atoms with van der Waals surface area (Å²) in [6.07, 6.45) is 1.31. The summed E-state index contributed by atoms with van der Waals surface area (Å²) in [5.41, 5.74) is 5.67. The molecule has 0 bridgehead atoms. The van der Waals surface area contributed by atoms with Gasteiger partial charge in [-0.15, -0.1) is 12.4 Å². The van der Waals surface area contributed by atoms with Crippen LogP contribution in [0.25, 0.3) is 0 Å². The van der Waals surface area contributed by atoms with Crippen LogP contribution < -0.4 is 5.32 Å². The van der Waals surface area contributed by atoms with Gasteiger partial charge < -0.3 is 24.9 Å². The van der Waals surface area contributed by atoms with Crippen LogP contribution in [0.3, 0.4) is 0 Å². The zero-order valence-electron chi connectivity index (χ0n) is 32.1. The Morgan fingerprint density at radius 2 is 1.03 bits per heavy atom. The van der Waals surface area contributed by atoms with Gasteiger partial charge >= 0.3 is 12.1 Å². The number of hydrogen-bond acceptors (Lipinski definition) is 4. The van der Waals surface area contributed by atoms with Crippen molar-refractivity contribution in [3.63, 3.8) is 0 Å². The lowest BCUT2D eigenvalue weighted by Gasteiger charge is -2.40. The Hall–Kier alpha value is -4.79. The van der Waals surface area contributed by atoms with Crippen molar-refractivity contribution in [2.24, 2.45) is 0 Å². The molecule has 15 heteroatoms. The van der Waals surface area contributed by atoms with Crippen molar-refractivity contribution in [3.05, 3.63) is 142 Å². The van der Waals surface area contributed by atoms with E-state index in [9.17, 15) is 35.9 Å². The molecule has 2 atom stereocenters. The quantitative estimate of drug-likeness (QED) is 0.211. The van der Waals surface area contributed by atoms with Crippen LogP contribution in [0.4, 0.5) is 35.9 Å². The SMILES string of the molecule is CN1CCN(C(=O)N2CCc3ccccc3[C@@H]2c2ccc(F)cc2)CC(F)(F)C1.Cl.O=C(N1CCNCC(F)(F)C1)N1CCc2ccccc2[C@@H]1c1ccc(F)cc1.